The van der Waals surface area contributed by atoms with Gasteiger partial charge in [0.25, 0.3) is 5.91 Å². The van der Waals surface area contributed by atoms with Gasteiger partial charge in [0.2, 0.25) is 0 Å². The van der Waals surface area contributed by atoms with Crippen molar-refractivity contribution in [2.45, 2.75) is 38.1 Å². The molecule has 2 aliphatic rings. The summed E-state index contributed by atoms with van der Waals surface area (Å²) in [4.78, 5) is 18.7. The topological polar surface area (TPSA) is 78.5 Å². The van der Waals surface area contributed by atoms with Crippen molar-refractivity contribution >= 4 is 39.7 Å². The third kappa shape index (κ3) is 4.78. The van der Waals surface area contributed by atoms with E-state index in [1.807, 2.05) is 0 Å². The summed E-state index contributed by atoms with van der Waals surface area (Å²) in [5.41, 5.74) is 5.78. The Hall–Kier alpha value is -1.45. The first-order valence-corrected chi connectivity index (χ1v) is 9.66. The minimum Gasteiger partial charge on any atom is -0.378 e. The summed E-state index contributed by atoms with van der Waals surface area (Å²) in [7, 11) is 0. The first kappa shape index (κ1) is 17.4. The number of thiocarbonyl (C=S) groups is 1. The second-order valence-electron chi connectivity index (χ2n) is 6.00. The Bertz CT molecular complexity index is 568. The molecule has 0 atom stereocenters. The van der Waals surface area contributed by atoms with Gasteiger partial charge in [-0.25, -0.2) is 4.98 Å². The number of hydrogen-bond donors (Lipinski definition) is 3. The van der Waals surface area contributed by atoms with Crippen LogP contribution in [-0.2, 0) is 4.74 Å². The highest BCUT2D eigenvalue weighted by molar-refractivity contribution is 7.80. The average molecular weight is 370 g/mol. The Morgan fingerprint density at radius 3 is 2.75 bits per heavy atom. The summed E-state index contributed by atoms with van der Waals surface area (Å²) in [5, 5.41) is 6.32. The monoisotopic (exact) mass is 369 g/mol. The van der Waals surface area contributed by atoms with Gasteiger partial charge in [0.15, 0.2) is 10.2 Å². The third-order valence-corrected chi connectivity index (χ3v) is 5.36. The maximum absolute atomic E-state index is 12.2. The molecule has 132 valence electrons. The van der Waals surface area contributed by atoms with Crippen LogP contribution in [0.2, 0.25) is 0 Å². The standard InChI is InChI=1S/C15H23N5O2S2/c21-13(18-19-14(23)16-11-4-2-1-3-5-11)12-10-24-15(17-12)20-6-8-22-9-7-20/h10-11H,1-9H2,(H,18,21)(H2,16,19,23). The van der Waals surface area contributed by atoms with Crippen LogP contribution in [0.3, 0.4) is 0 Å². The number of hydrazine groups is 1. The Morgan fingerprint density at radius 1 is 1.25 bits per heavy atom. The van der Waals surface area contributed by atoms with Gasteiger partial charge in [-0.15, -0.1) is 11.3 Å². The van der Waals surface area contributed by atoms with Crippen molar-refractivity contribution < 1.29 is 9.53 Å². The summed E-state index contributed by atoms with van der Waals surface area (Å²) in [6.45, 7) is 3.01. The Morgan fingerprint density at radius 2 is 2.00 bits per heavy atom. The van der Waals surface area contributed by atoms with E-state index in [0.717, 1.165) is 31.1 Å². The summed E-state index contributed by atoms with van der Waals surface area (Å²) in [5.74, 6) is -0.279. The molecule has 2 fully saturated rings. The first-order valence-electron chi connectivity index (χ1n) is 8.37. The van der Waals surface area contributed by atoms with E-state index in [0.29, 0.717) is 30.1 Å². The van der Waals surface area contributed by atoms with Gasteiger partial charge < -0.3 is 15.0 Å². The number of hydrogen-bond acceptors (Lipinski definition) is 6. The molecule has 0 radical (unpaired) electrons. The van der Waals surface area contributed by atoms with Gasteiger partial charge in [0.05, 0.1) is 13.2 Å². The lowest BCUT2D eigenvalue weighted by molar-refractivity contribution is 0.0939. The number of anilines is 1. The number of carbonyl (C=O) groups is 1. The van der Waals surface area contributed by atoms with Crippen molar-refractivity contribution in [1.29, 1.82) is 0 Å². The summed E-state index contributed by atoms with van der Waals surface area (Å²) < 4.78 is 5.33. The molecule has 0 unspecified atom stereocenters. The molecule has 1 saturated carbocycles. The van der Waals surface area contributed by atoms with E-state index in [-0.39, 0.29) is 5.91 Å². The number of carbonyl (C=O) groups excluding carboxylic acids is 1. The van der Waals surface area contributed by atoms with E-state index >= 15 is 0 Å². The maximum atomic E-state index is 12.2. The van der Waals surface area contributed by atoms with Crippen molar-refractivity contribution in [3.63, 3.8) is 0 Å². The molecular weight excluding hydrogens is 346 g/mol. The fraction of sp³-hybridized carbons (Fsp3) is 0.667. The van der Waals surface area contributed by atoms with Crippen LogP contribution < -0.4 is 21.1 Å². The number of rotatable bonds is 3. The normalized spacial score (nSPS) is 18.9. The molecule has 1 aliphatic heterocycles. The van der Waals surface area contributed by atoms with Crippen molar-refractivity contribution in [2.75, 3.05) is 31.2 Å². The summed E-state index contributed by atoms with van der Waals surface area (Å²) in [6.07, 6.45) is 6.02. The van der Waals surface area contributed by atoms with Gasteiger partial charge in [-0.3, -0.25) is 15.6 Å². The van der Waals surface area contributed by atoms with Crippen molar-refractivity contribution in [3.05, 3.63) is 11.1 Å². The Labute approximate surface area is 151 Å². The quantitative estimate of drug-likeness (QED) is 0.549. The number of ether oxygens (including phenoxy) is 1. The molecule has 0 aromatic carbocycles. The largest absolute Gasteiger partial charge is 0.378 e. The van der Waals surface area contributed by atoms with Crippen LogP contribution in [0.15, 0.2) is 5.38 Å². The van der Waals surface area contributed by atoms with Crippen LogP contribution in [0.25, 0.3) is 0 Å². The number of nitrogens with zero attached hydrogens (tertiary/aromatic N) is 2. The molecule has 2 heterocycles. The molecule has 24 heavy (non-hydrogen) atoms. The molecule has 1 amide bonds. The molecule has 9 heteroatoms. The fourth-order valence-electron chi connectivity index (χ4n) is 2.91. The molecule has 1 saturated heterocycles. The lowest BCUT2D eigenvalue weighted by Crippen LogP contribution is -2.50. The first-order chi connectivity index (χ1) is 11.7. The lowest BCUT2D eigenvalue weighted by atomic mass is 9.96. The van der Waals surface area contributed by atoms with Crippen molar-refractivity contribution in [1.82, 2.24) is 21.2 Å². The van der Waals surface area contributed by atoms with E-state index < -0.39 is 0 Å². The molecule has 1 aromatic rings. The van der Waals surface area contributed by atoms with E-state index in [9.17, 15) is 4.79 Å². The van der Waals surface area contributed by atoms with Gasteiger partial charge in [-0.05, 0) is 25.1 Å². The summed E-state index contributed by atoms with van der Waals surface area (Å²) >= 11 is 6.70. The van der Waals surface area contributed by atoms with E-state index in [1.54, 1.807) is 5.38 Å². The van der Waals surface area contributed by atoms with Crippen molar-refractivity contribution in [2.24, 2.45) is 0 Å². The maximum Gasteiger partial charge on any atom is 0.289 e. The highest BCUT2D eigenvalue weighted by Crippen LogP contribution is 2.21. The van der Waals surface area contributed by atoms with E-state index in [1.165, 1.54) is 30.6 Å². The molecular formula is C15H23N5O2S2. The molecule has 3 N–H and O–H groups in total. The predicted molar refractivity (Wildman–Crippen MR) is 98.4 cm³/mol. The minimum absolute atomic E-state index is 0.279. The third-order valence-electron chi connectivity index (χ3n) is 4.24. The van der Waals surface area contributed by atoms with Crippen LogP contribution in [0.4, 0.5) is 5.13 Å². The van der Waals surface area contributed by atoms with Crippen LogP contribution in [-0.4, -0.2) is 48.3 Å². The highest BCUT2D eigenvalue weighted by Gasteiger charge is 2.18. The van der Waals surface area contributed by atoms with Gasteiger partial charge in [0.1, 0.15) is 5.69 Å². The van der Waals surface area contributed by atoms with Crippen LogP contribution in [0, 0.1) is 0 Å². The molecule has 0 spiro atoms. The lowest BCUT2D eigenvalue weighted by Gasteiger charge is -2.26. The molecule has 3 rings (SSSR count). The molecule has 7 nitrogen and oxygen atoms in total. The van der Waals surface area contributed by atoms with Gasteiger partial charge in [-0.1, -0.05) is 19.3 Å². The van der Waals surface area contributed by atoms with Gasteiger partial charge >= 0.3 is 0 Å². The number of morpholine rings is 1. The zero-order valence-corrected chi connectivity index (χ0v) is 15.2. The molecule has 1 aromatic heterocycles. The van der Waals surface area contributed by atoms with E-state index in [2.05, 4.69) is 26.1 Å². The fourth-order valence-corrected chi connectivity index (χ4v) is 3.99. The predicted octanol–water partition coefficient (Wildman–Crippen LogP) is 1.42. The second kappa shape index (κ2) is 8.59. The van der Waals surface area contributed by atoms with Crippen molar-refractivity contribution in [3.8, 4) is 0 Å². The van der Waals surface area contributed by atoms with Gasteiger partial charge in [0, 0.05) is 24.5 Å². The number of nitrogens with one attached hydrogen (secondary N) is 3. The Balaban J connectivity index is 1.44. The van der Waals surface area contributed by atoms with Crippen LogP contribution in [0.5, 0.6) is 0 Å². The smallest absolute Gasteiger partial charge is 0.289 e. The zero-order valence-electron chi connectivity index (χ0n) is 13.5. The highest BCUT2D eigenvalue weighted by atomic mass is 32.1. The average Bonchev–Trinajstić information content (AvgIpc) is 3.11. The SMILES string of the molecule is O=C(NNC(=S)NC1CCCCC1)c1csc(N2CCOCC2)n1. The minimum atomic E-state index is -0.279. The zero-order chi connectivity index (χ0) is 16.8. The second-order valence-corrected chi connectivity index (χ2v) is 7.25. The number of amides is 1. The van der Waals surface area contributed by atoms with Crippen LogP contribution >= 0.6 is 23.6 Å². The van der Waals surface area contributed by atoms with E-state index in [4.69, 9.17) is 17.0 Å². The molecule has 0 bridgehead atoms. The summed E-state index contributed by atoms with van der Waals surface area (Å²) in [6, 6.07) is 0.405. The van der Waals surface area contributed by atoms with Crippen LogP contribution in [0.1, 0.15) is 42.6 Å². The number of aromatic nitrogens is 1. The Kier molecular flexibility index (Phi) is 6.22. The molecule has 1 aliphatic carbocycles. The number of thiazole rings is 1. The van der Waals surface area contributed by atoms with Gasteiger partial charge in [-0.2, -0.15) is 0 Å².